The molecule has 1 rings (SSSR count). The Morgan fingerprint density at radius 2 is 2.13 bits per heavy atom. The summed E-state index contributed by atoms with van der Waals surface area (Å²) in [6, 6.07) is 8.36. The van der Waals surface area contributed by atoms with Crippen LogP contribution in [0.15, 0.2) is 29.2 Å². The van der Waals surface area contributed by atoms with Crippen molar-refractivity contribution in [3.63, 3.8) is 0 Å². The summed E-state index contributed by atoms with van der Waals surface area (Å²) in [6.07, 6.45) is 1.16. The lowest BCUT2D eigenvalue weighted by molar-refractivity contribution is 0.322. The molecule has 1 aromatic carbocycles. The van der Waals surface area contributed by atoms with E-state index >= 15 is 0 Å². The van der Waals surface area contributed by atoms with Gasteiger partial charge in [0.25, 0.3) is 0 Å². The molecule has 2 nitrogen and oxygen atoms in total. The molecule has 2 N–H and O–H groups in total. The van der Waals surface area contributed by atoms with Gasteiger partial charge in [-0.2, -0.15) is 0 Å². The van der Waals surface area contributed by atoms with Gasteiger partial charge in [0.1, 0.15) is 0 Å². The van der Waals surface area contributed by atoms with E-state index in [2.05, 4.69) is 30.4 Å². The van der Waals surface area contributed by atoms with Gasteiger partial charge in [-0.1, -0.05) is 25.1 Å². The summed E-state index contributed by atoms with van der Waals surface area (Å²) >= 11 is 1.72. The molecular formula is C12H19NOS. The highest BCUT2D eigenvalue weighted by Gasteiger charge is 2.00. The van der Waals surface area contributed by atoms with Crippen molar-refractivity contribution in [1.29, 1.82) is 0 Å². The van der Waals surface area contributed by atoms with Crippen molar-refractivity contribution in [2.24, 2.45) is 0 Å². The summed E-state index contributed by atoms with van der Waals surface area (Å²) in [4.78, 5) is 1.27. The van der Waals surface area contributed by atoms with Gasteiger partial charge >= 0.3 is 0 Å². The largest absolute Gasteiger partial charge is 0.396 e. The van der Waals surface area contributed by atoms with Crippen molar-refractivity contribution in [3.05, 3.63) is 29.8 Å². The molecule has 1 aromatic rings. The monoisotopic (exact) mass is 225 g/mol. The lowest BCUT2D eigenvalue weighted by Gasteiger charge is -2.09. The lowest BCUT2D eigenvalue weighted by atomic mass is 10.2. The van der Waals surface area contributed by atoms with Gasteiger partial charge in [0, 0.05) is 17.2 Å². The topological polar surface area (TPSA) is 32.3 Å². The first-order valence-corrected chi connectivity index (χ1v) is 6.39. The SMILES string of the molecule is CCCNCc1ccccc1SCCO. The van der Waals surface area contributed by atoms with Crippen molar-refractivity contribution in [3.8, 4) is 0 Å². The molecule has 0 unspecified atom stereocenters. The van der Waals surface area contributed by atoms with Gasteiger partial charge < -0.3 is 10.4 Å². The molecule has 84 valence electrons. The van der Waals surface area contributed by atoms with E-state index in [1.165, 1.54) is 10.5 Å². The normalized spacial score (nSPS) is 10.5. The molecule has 0 fully saturated rings. The van der Waals surface area contributed by atoms with Gasteiger partial charge in [0.15, 0.2) is 0 Å². The van der Waals surface area contributed by atoms with Crippen LogP contribution >= 0.6 is 11.8 Å². The van der Waals surface area contributed by atoms with E-state index in [4.69, 9.17) is 5.11 Å². The summed E-state index contributed by atoms with van der Waals surface area (Å²) in [7, 11) is 0. The van der Waals surface area contributed by atoms with E-state index < -0.39 is 0 Å². The predicted octanol–water partition coefficient (Wildman–Crippen LogP) is 2.27. The Balaban J connectivity index is 2.52. The molecule has 0 aromatic heterocycles. The molecule has 0 aliphatic rings. The molecule has 0 aliphatic carbocycles. The number of rotatable bonds is 7. The molecule has 0 heterocycles. The quantitative estimate of drug-likeness (QED) is 0.551. The van der Waals surface area contributed by atoms with Crippen LogP contribution in [0.2, 0.25) is 0 Å². The number of aliphatic hydroxyl groups is 1. The van der Waals surface area contributed by atoms with E-state index in [0.29, 0.717) is 0 Å². The number of hydrogen-bond acceptors (Lipinski definition) is 3. The molecule has 0 aliphatic heterocycles. The van der Waals surface area contributed by atoms with Crippen molar-refractivity contribution in [2.75, 3.05) is 18.9 Å². The zero-order chi connectivity index (χ0) is 10.9. The molecule has 0 saturated heterocycles. The summed E-state index contributed by atoms with van der Waals surface area (Å²) < 4.78 is 0. The van der Waals surface area contributed by atoms with Crippen LogP contribution in [-0.2, 0) is 6.54 Å². The van der Waals surface area contributed by atoms with Crippen molar-refractivity contribution in [1.82, 2.24) is 5.32 Å². The third kappa shape index (κ3) is 4.69. The van der Waals surface area contributed by atoms with Crippen molar-refractivity contribution < 1.29 is 5.11 Å². The number of thioether (sulfide) groups is 1. The first-order chi connectivity index (χ1) is 7.38. The highest BCUT2D eigenvalue weighted by Crippen LogP contribution is 2.21. The zero-order valence-electron chi connectivity index (χ0n) is 9.20. The Labute approximate surface area is 96.1 Å². The molecule has 0 radical (unpaired) electrons. The minimum absolute atomic E-state index is 0.237. The number of benzene rings is 1. The van der Waals surface area contributed by atoms with Crippen LogP contribution in [0.4, 0.5) is 0 Å². The molecule has 0 bridgehead atoms. The fourth-order valence-corrected chi connectivity index (χ4v) is 2.16. The minimum atomic E-state index is 0.237. The average molecular weight is 225 g/mol. The predicted molar refractivity (Wildman–Crippen MR) is 66.2 cm³/mol. The van der Waals surface area contributed by atoms with Crippen molar-refractivity contribution >= 4 is 11.8 Å². The lowest BCUT2D eigenvalue weighted by Crippen LogP contribution is -2.14. The molecule has 15 heavy (non-hydrogen) atoms. The maximum atomic E-state index is 8.80. The number of hydrogen-bond donors (Lipinski definition) is 2. The first kappa shape index (κ1) is 12.6. The van der Waals surface area contributed by atoms with Gasteiger partial charge in [-0.15, -0.1) is 11.8 Å². The zero-order valence-corrected chi connectivity index (χ0v) is 10.0. The Morgan fingerprint density at radius 1 is 1.33 bits per heavy atom. The second-order valence-corrected chi connectivity index (χ2v) is 4.49. The molecular weight excluding hydrogens is 206 g/mol. The maximum Gasteiger partial charge on any atom is 0.0525 e. The number of aliphatic hydroxyl groups excluding tert-OH is 1. The van der Waals surface area contributed by atoms with Crippen LogP contribution in [0.3, 0.4) is 0 Å². The average Bonchev–Trinajstić information content (AvgIpc) is 2.28. The Morgan fingerprint density at radius 3 is 2.87 bits per heavy atom. The number of nitrogens with one attached hydrogen (secondary N) is 1. The third-order valence-corrected chi connectivity index (χ3v) is 3.16. The van der Waals surface area contributed by atoms with Crippen LogP contribution < -0.4 is 5.32 Å². The standard InChI is InChI=1S/C12H19NOS/c1-2-7-13-10-11-5-3-4-6-12(11)15-9-8-14/h3-6,13-14H,2,7-10H2,1H3. The van der Waals surface area contributed by atoms with Crippen LogP contribution in [0, 0.1) is 0 Å². The molecule has 0 atom stereocenters. The van der Waals surface area contributed by atoms with Gasteiger partial charge in [-0.25, -0.2) is 0 Å². The van der Waals surface area contributed by atoms with Crippen LogP contribution in [0.25, 0.3) is 0 Å². The van der Waals surface area contributed by atoms with Gasteiger partial charge in [-0.05, 0) is 24.6 Å². The van der Waals surface area contributed by atoms with E-state index in [9.17, 15) is 0 Å². The third-order valence-electron chi connectivity index (χ3n) is 2.06. The maximum absolute atomic E-state index is 8.80. The molecule has 0 saturated carbocycles. The van der Waals surface area contributed by atoms with Gasteiger partial charge in [0.05, 0.1) is 6.61 Å². The molecule has 0 amide bonds. The minimum Gasteiger partial charge on any atom is -0.396 e. The highest BCUT2D eigenvalue weighted by atomic mass is 32.2. The van der Waals surface area contributed by atoms with E-state index in [-0.39, 0.29) is 6.61 Å². The molecule has 3 heteroatoms. The second kappa shape index (κ2) is 7.74. The highest BCUT2D eigenvalue weighted by molar-refractivity contribution is 7.99. The van der Waals surface area contributed by atoms with E-state index in [1.807, 2.05) is 6.07 Å². The summed E-state index contributed by atoms with van der Waals surface area (Å²) in [5.74, 6) is 0.769. The van der Waals surface area contributed by atoms with E-state index in [0.717, 1.165) is 25.3 Å². The Kier molecular flexibility index (Phi) is 6.48. The van der Waals surface area contributed by atoms with Crippen molar-refractivity contribution in [2.45, 2.75) is 24.8 Å². The van der Waals surface area contributed by atoms with E-state index in [1.54, 1.807) is 11.8 Å². The Bertz CT molecular complexity index is 278. The van der Waals surface area contributed by atoms with Gasteiger partial charge in [-0.3, -0.25) is 0 Å². The van der Waals surface area contributed by atoms with Crippen LogP contribution in [0.1, 0.15) is 18.9 Å². The summed E-state index contributed by atoms with van der Waals surface area (Å²) in [6.45, 7) is 4.38. The molecule has 0 spiro atoms. The van der Waals surface area contributed by atoms with Crippen LogP contribution in [0.5, 0.6) is 0 Å². The fraction of sp³-hybridized carbons (Fsp3) is 0.500. The van der Waals surface area contributed by atoms with Gasteiger partial charge in [0.2, 0.25) is 0 Å². The first-order valence-electron chi connectivity index (χ1n) is 5.40. The second-order valence-electron chi connectivity index (χ2n) is 3.36. The van der Waals surface area contributed by atoms with Crippen LogP contribution in [-0.4, -0.2) is 24.0 Å². The Hall–Kier alpha value is -0.510. The fourth-order valence-electron chi connectivity index (χ4n) is 1.35. The summed E-state index contributed by atoms with van der Waals surface area (Å²) in [5, 5.41) is 12.2. The summed E-state index contributed by atoms with van der Waals surface area (Å²) in [5.41, 5.74) is 1.32. The smallest absolute Gasteiger partial charge is 0.0525 e.